The van der Waals surface area contributed by atoms with Crippen LogP contribution in [0.15, 0.2) is 33.5 Å². The van der Waals surface area contributed by atoms with Gasteiger partial charge in [0.25, 0.3) is 5.56 Å². The van der Waals surface area contributed by atoms with Crippen molar-refractivity contribution in [1.82, 2.24) is 19.7 Å². The predicted octanol–water partition coefficient (Wildman–Crippen LogP) is 3.04. The van der Waals surface area contributed by atoms with Crippen LogP contribution in [0, 0.1) is 0 Å². The van der Waals surface area contributed by atoms with Crippen LogP contribution < -0.4 is 5.56 Å². The Morgan fingerprint density at radius 1 is 1.29 bits per heavy atom. The minimum atomic E-state index is -0.157. The van der Waals surface area contributed by atoms with Crippen molar-refractivity contribution >= 4 is 27.0 Å². The van der Waals surface area contributed by atoms with Gasteiger partial charge in [-0.15, -0.1) is 0 Å². The molecule has 2 heterocycles. The Balaban J connectivity index is 2.24. The highest BCUT2D eigenvalue weighted by atomic mass is 79.9. The number of fused-ring (bicyclic) bond motifs is 1. The summed E-state index contributed by atoms with van der Waals surface area (Å²) in [6.07, 6.45) is 1.78. The van der Waals surface area contributed by atoms with Gasteiger partial charge >= 0.3 is 0 Å². The number of hydrogen-bond donors (Lipinski definition) is 1. The van der Waals surface area contributed by atoms with E-state index in [0.29, 0.717) is 16.9 Å². The van der Waals surface area contributed by atoms with Gasteiger partial charge in [0.05, 0.1) is 5.69 Å². The van der Waals surface area contributed by atoms with Gasteiger partial charge in [0.15, 0.2) is 5.52 Å². The maximum atomic E-state index is 12.3. The lowest BCUT2D eigenvalue weighted by molar-refractivity contribution is 0.751. The Morgan fingerprint density at radius 3 is 2.67 bits per heavy atom. The molecule has 0 aliphatic heterocycles. The zero-order valence-corrected chi connectivity index (χ0v) is 13.4. The molecule has 6 heteroatoms. The van der Waals surface area contributed by atoms with Gasteiger partial charge in [0.1, 0.15) is 11.3 Å². The molecule has 5 nitrogen and oxygen atoms in total. The summed E-state index contributed by atoms with van der Waals surface area (Å²) in [6, 6.07) is 7.69. The van der Waals surface area contributed by atoms with E-state index in [1.54, 1.807) is 11.7 Å². The van der Waals surface area contributed by atoms with E-state index < -0.39 is 0 Å². The fraction of sp³-hybridized carbons (Fsp3) is 0.267. The normalized spacial score (nSPS) is 11.2. The Bertz CT molecular complexity index is 848. The van der Waals surface area contributed by atoms with Gasteiger partial charge in [-0.05, 0) is 18.6 Å². The number of benzene rings is 1. The van der Waals surface area contributed by atoms with Crippen molar-refractivity contribution in [3.05, 3.63) is 44.8 Å². The van der Waals surface area contributed by atoms with E-state index >= 15 is 0 Å². The second-order valence-electron chi connectivity index (χ2n) is 4.94. The van der Waals surface area contributed by atoms with Crippen LogP contribution in [0.1, 0.15) is 19.0 Å². The smallest absolute Gasteiger partial charge is 0.277 e. The molecule has 0 aliphatic rings. The van der Waals surface area contributed by atoms with Crippen molar-refractivity contribution < 1.29 is 0 Å². The second kappa shape index (κ2) is 5.44. The van der Waals surface area contributed by atoms with Gasteiger partial charge in [-0.25, -0.2) is 4.98 Å². The Morgan fingerprint density at radius 2 is 2.00 bits per heavy atom. The van der Waals surface area contributed by atoms with Gasteiger partial charge < -0.3 is 4.98 Å². The van der Waals surface area contributed by atoms with Crippen LogP contribution in [0.4, 0.5) is 0 Å². The molecule has 3 rings (SSSR count). The Labute approximate surface area is 130 Å². The summed E-state index contributed by atoms with van der Waals surface area (Å²) < 4.78 is 2.60. The zero-order chi connectivity index (χ0) is 15.0. The molecule has 0 aliphatic carbocycles. The highest BCUT2D eigenvalue weighted by Gasteiger charge is 2.14. The summed E-state index contributed by atoms with van der Waals surface area (Å²) >= 11 is 3.40. The quantitative estimate of drug-likeness (QED) is 0.792. The van der Waals surface area contributed by atoms with E-state index in [9.17, 15) is 4.79 Å². The van der Waals surface area contributed by atoms with Crippen LogP contribution in [-0.2, 0) is 13.5 Å². The minimum Gasteiger partial charge on any atom is -0.305 e. The molecule has 0 amide bonds. The standard InChI is InChI=1S/C15H15BrN4O/c1-3-4-11-12-13(20(2)19-11)15(21)18-14(17-12)9-5-7-10(16)8-6-9/h5-8H,3-4H2,1-2H3,(H,17,18,21). The van der Waals surface area contributed by atoms with Crippen LogP contribution in [0.25, 0.3) is 22.4 Å². The van der Waals surface area contributed by atoms with E-state index in [-0.39, 0.29) is 5.56 Å². The van der Waals surface area contributed by atoms with E-state index in [4.69, 9.17) is 0 Å². The minimum absolute atomic E-state index is 0.157. The molecule has 0 atom stereocenters. The first-order valence-electron chi connectivity index (χ1n) is 6.82. The number of hydrogen-bond acceptors (Lipinski definition) is 3. The van der Waals surface area contributed by atoms with Crippen molar-refractivity contribution in [3.63, 3.8) is 0 Å². The van der Waals surface area contributed by atoms with Gasteiger partial charge in [-0.2, -0.15) is 5.10 Å². The molecule has 0 fully saturated rings. The molecule has 3 aromatic rings. The lowest BCUT2D eigenvalue weighted by Crippen LogP contribution is -2.12. The van der Waals surface area contributed by atoms with Crippen molar-refractivity contribution in [3.8, 4) is 11.4 Å². The lowest BCUT2D eigenvalue weighted by Gasteiger charge is -2.02. The molecular weight excluding hydrogens is 332 g/mol. The first-order valence-corrected chi connectivity index (χ1v) is 7.61. The van der Waals surface area contributed by atoms with Crippen molar-refractivity contribution in [2.24, 2.45) is 7.05 Å². The number of halogens is 1. The SMILES string of the molecule is CCCc1nn(C)c2c(=O)[nH]c(-c3ccc(Br)cc3)nc12. The molecule has 1 N–H and O–H groups in total. The molecule has 0 saturated carbocycles. The fourth-order valence-corrected chi connectivity index (χ4v) is 2.66. The number of aryl methyl sites for hydroxylation is 2. The Hall–Kier alpha value is -1.95. The molecule has 0 bridgehead atoms. The average molecular weight is 347 g/mol. The molecule has 108 valence electrons. The van der Waals surface area contributed by atoms with E-state index in [1.165, 1.54) is 0 Å². The summed E-state index contributed by atoms with van der Waals surface area (Å²) in [5.41, 5.74) is 2.82. The topological polar surface area (TPSA) is 63.6 Å². The number of aromatic nitrogens is 4. The lowest BCUT2D eigenvalue weighted by atomic mass is 10.2. The molecule has 0 radical (unpaired) electrons. The zero-order valence-electron chi connectivity index (χ0n) is 11.9. The number of aromatic amines is 1. The van der Waals surface area contributed by atoms with E-state index in [1.807, 2.05) is 24.3 Å². The van der Waals surface area contributed by atoms with Crippen LogP contribution in [-0.4, -0.2) is 19.7 Å². The molecule has 1 aromatic carbocycles. The maximum Gasteiger partial charge on any atom is 0.277 e. The number of nitrogens with one attached hydrogen (secondary N) is 1. The first-order chi connectivity index (χ1) is 10.1. The predicted molar refractivity (Wildman–Crippen MR) is 86.3 cm³/mol. The Kier molecular flexibility index (Phi) is 3.63. The molecule has 2 aromatic heterocycles. The van der Waals surface area contributed by atoms with Gasteiger partial charge in [0, 0.05) is 17.1 Å². The van der Waals surface area contributed by atoms with E-state index in [2.05, 4.69) is 37.9 Å². The molecular formula is C15H15BrN4O. The third-order valence-corrected chi connectivity index (χ3v) is 3.90. The van der Waals surface area contributed by atoms with Crippen LogP contribution >= 0.6 is 15.9 Å². The monoisotopic (exact) mass is 346 g/mol. The van der Waals surface area contributed by atoms with Crippen molar-refractivity contribution in [2.45, 2.75) is 19.8 Å². The third kappa shape index (κ3) is 2.51. The summed E-state index contributed by atoms with van der Waals surface area (Å²) in [7, 11) is 1.78. The number of nitrogens with zero attached hydrogens (tertiary/aromatic N) is 3. The molecule has 21 heavy (non-hydrogen) atoms. The summed E-state index contributed by atoms with van der Waals surface area (Å²) in [5, 5.41) is 4.42. The van der Waals surface area contributed by atoms with Crippen LogP contribution in [0.3, 0.4) is 0 Å². The summed E-state index contributed by atoms with van der Waals surface area (Å²) in [5.74, 6) is 0.574. The third-order valence-electron chi connectivity index (χ3n) is 3.37. The van der Waals surface area contributed by atoms with E-state index in [0.717, 1.165) is 28.6 Å². The van der Waals surface area contributed by atoms with Gasteiger partial charge in [0.2, 0.25) is 0 Å². The second-order valence-corrected chi connectivity index (χ2v) is 5.85. The molecule has 0 unspecified atom stereocenters. The van der Waals surface area contributed by atoms with Crippen LogP contribution in [0.2, 0.25) is 0 Å². The molecule has 0 saturated heterocycles. The fourth-order valence-electron chi connectivity index (χ4n) is 2.40. The van der Waals surface area contributed by atoms with Crippen LogP contribution in [0.5, 0.6) is 0 Å². The number of H-pyrrole nitrogens is 1. The molecule has 0 spiro atoms. The van der Waals surface area contributed by atoms with Gasteiger partial charge in [-0.3, -0.25) is 9.48 Å². The highest BCUT2D eigenvalue weighted by molar-refractivity contribution is 9.10. The average Bonchev–Trinajstić information content (AvgIpc) is 2.77. The van der Waals surface area contributed by atoms with Gasteiger partial charge in [-0.1, -0.05) is 41.4 Å². The summed E-state index contributed by atoms with van der Waals surface area (Å²) in [4.78, 5) is 19.8. The largest absolute Gasteiger partial charge is 0.305 e. The van der Waals surface area contributed by atoms with Crippen molar-refractivity contribution in [2.75, 3.05) is 0 Å². The van der Waals surface area contributed by atoms with Crippen molar-refractivity contribution in [1.29, 1.82) is 0 Å². The highest BCUT2D eigenvalue weighted by Crippen LogP contribution is 2.20. The summed E-state index contributed by atoms with van der Waals surface area (Å²) in [6.45, 7) is 2.09. The first kappa shape index (κ1) is 14.0. The maximum absolute atomic E-state index is 12.3. The number of rotatable bonds is 3.